The Balaban J connectivity index is 1.68. The molecule has 2 N–H and O–H groups in total. The summed E-state index contributed by atoms with van der Waals surface area (Å²) in [7, 11) is 0. The number of rotatable bonds is 5. The van der Waals surface area contributed by atoms with Crippen molar-refractivity contribution < 1.29 is 4.79 Å². The second-order valence-electron chi connectivity index (χ2n) is 6.76. The molecule has 1 aliphatic rings. The van der Waals surface area contributed by atoms with Gasteiger partial charge in [-0.15, -0.1) is 0 Å². The predicted molar refractivity (Wildman–Crippen MR) is 110 cm³/mol. The molecule has 29 heavy (non-hydrogen) atoms. The van der Waals surface area contributed by atoms with Crippen molar-refractivity contribution in [3.05, 3.63) is 59.8 Å². The number of hydrogen-bond acceptors (Lipinski definition) is 6. The number of pyridine rings is 2. The number of carbonyl (C=O) groups excluding carboxylic acids is 1. The number of aryl methyl sites for hydroxylation is 2. The van der Waals surface area contributed by atoms with Gasteiger partial charge in [0.1, 0.15) is 0 Å². The molecule has 0 bridgehead atoms. The highest BCUT2D eigenvalue weighted by Gasteiger charge is 2.27. The molecule has 3 aromatic heterocycles. The van der Waals surface area contributed by atoms with E-state index in [1.807, 2.05) is 32.0 Å². The Kier molecular flexibility index (Phi) is 4.79. The van der Waals surface area contributed by atoms with Crippen LogP contribution in [0.1, 0.15) is 24.5 Å². The van der Waals surface area contributed by atoms with Crippen molar-refractivity contribution in [3.8, 4) is 17.3 Å². The standard InChI is InChI=1S/C21H19N7O/c1-13-4-7-23-11-16(13)17-10-15-18(12-24-17)26-21(29)20(15)14(2)25-19-5-9-28(27-19)8-3-6-22/h4-5,7,9-12H,3,8H2,1-2H3,(H,25,27)(H,26,29)/b20-14-. The van der Waals surface area contributed by atoms with Gasteiger partial charge in [-0.1, -0.05) is 0 Å². The number of hydrogen-bond donors (Lipinski definition) is 2. The first-order chi connectivity index (χ1) is 14.1. The lowest BCUT2D eigenvalue weighted by Crippen LogP contribution is -2.09. The van der Waals surface area contributed by atoms with E-state index >= 15 is 0 Å². The maximum absolute atomic E-state index is 12.6. The summed E-state index contributed by atoms with van der Waals surface area (Å²) in [6, 6.07) is 7.74. The second kappa shape index (κ2) is 7.56. The highest BCUT2D eigenvalue weighted by Crippen LogP contribution is 2.36. The number of nitriles is 1. The molecule has 4 rings (SSSR count). The molecule has 144 valence electrons. The maximum atomic E-state index is 12.6. The van der Waals surface area contributed by atoms with Crippen LogP contribution in [-0.4, -0.2) is 25.7 Å². The third kappa shape index (κ3) is 3.58. The summed E-state index contributed by atoms with van der Waals surface area (Å²) in [5.74, 6) is 0.433. The van der Waals surface area contributed by atoms with Crippen LogP contribution in [0.15, 0.2) is 48.7 Å². The summed E-state index contributed by atoms with van der Waals surface area (Å²) in [6.07, 6.45) is 7.38. The van der Waals surface area contributed by atoms with E-state index in [9.17, 15) is 4.79 Å². The van der Waals surface area contributed by atoms with Crippen LogP contribution in [0.25, 0.3) is 16.8 Å². The van der Waals surface area contributed by atoms with Gasteiger partial charge in [0.15, 0.2) is 5.82 Å². The van der Waals surface area contributed by atoms with Gasteiger partial charge in [0, 0.05) is 41.5 Å². The van der Waals surface area contributed by atoms with Gasteiger partial charge in [0.25, 0.3) is 5.91 Å². The Bertz CT molecular complexity index is 1170. The summed E-state index contributed by atoms with van der Waals surface area (Å²) in [5.41, 5.74) is 5.46. The fourth-order valence-electron chi connectivity index (χ4n) is 3.29. The maximum Gasteiger partial charge on any atom is 0.258 e. The van der Waals surface area contributed by atoms with Gasteiger partial charge in [-0.25, -0.2) is 0 Å². The summed E-state index contributed by atoms with van der Waals surface area (Å²) >= 11 is 0. The molecular weight excluding hydrogens is 366 g/mol. The minimum Gasteiger partial charge on any atom is -0.342 e. The Labute approximate surface area is 167 Å². The van der Waals surface area contributed by atoms with Crippen LogP contribution in [-0.2, 0) is 11.3 Å². The summed E-state index contributed by atoms with van der Waals surface area (Å²) in [4.78, 5) is 21.3. The number of aromatic nitrogens is 4. The molecule has 0 atom stereocenters. The van der Waals surface area contributed by atoms with Gasteiger partial charge in [-0.3, -0.25) is 19.4 Å². The summed E-state index contributed by atoms with van der Waals surface area (Å²) in [6.45, 7) is 4.37. The first kappa shape index (κ1) is 18.4. The average Bonchev–Trinajstić information content (AvgIpc) is 3.29. The van der Waals surface area contributed by atoms with Crippen LogP contribution < -0.4 is 10.6 Å². The van der Waals surface area contributed by atoms with Gasteiger partial charge >= 0.3 is 0 Å². The van der Waals surface area contributed by atoms with Gasteiger partial charge in [-0.05, 0) is 31.5 Å². The van der Waals surface area contributed by atoms with Gasteiger partial charge in [0.2, 0.25) is 0 Å². The Hall–Kier alpha value is -3.99. The van der Waals surface area contributed by atoms with Crippen molar-refractivity contribution in [3.63, 3.8) is 0 Å². The molecule has 3 aromatic rings. The molecule has 4 heterocycles. The lowest BCUT2D eigenvalue weighted by atomic mass is 10.0. The molecule has 0 saturated heterocycles. The Morgan fingerprint density at radius 3 is 2.97 bits per heavy atom. The third-order valence-electron chi connectivity index (χ3n) is 4.75. The fourth-order valence-corrected chi connectivity index (χ4v) is 3.29. The lowest BCUT2D eigenvalue weighted by molar-refractivity contribution is -0.110. The third-order valence-corrected chi connectivity index (χ3v) is 4.75. The Morgan fingerprint density at radius 1 is 1.31 bits per heavy atom. The monoisotopic (exact) mass is 385 g/mol. The van der Waals surface area contributed by atoms with Crippen LogP contribution in [0.2, 0.25) is 0 Å². The zero-order valence-electron chi connectivity index (χ0n) is 16.1. The SMILES string of the molecule is C/C(Nc1ccn(CCC#N)n1)=C1/C(=O)Nc2cnc(-c3cnccc3C)cc21. The fraction of sp³-hybridized carbons (Fsp3) is 0.190. The van der Waals surface area contributed by atoms with Crippen molar-refractivity contribution in [2.45, 2.75) is 26.8 Å². The number of nitrogens with zero attached hydrogens (tertiary/aromatic N) is 5. The van der Waals surface area contributed by atoms with E-state index in [0.29, 0.717) is 35.7 Å². The minimum absolute atomic E-state index is 0.184. The van der Waals surface area contributed by atoms with Gasteiger partial charge in [0.05, 0.1) is 42.2 Å². The number of anilines is 2. The number of carbonyl (C=O) groups is 1. The lowest BCUT2D eigenvalue weighted by Gasteiger charge is -2.09. The zero-order valence-corrected chi connectivity index (χ0v) is 16.1. The van der Waals surface area contributed by atoms with E-state index in [1.54, 1.807) is 29.5 Å². The number of amides is 1. The molecule has 0 radical (unpaired) electrons. The topological polar surface area (TPSA) is 109 Å². The van der Waals surface area contributed by atoms with Crippen molar-refractivity contribution in [1.82, 2.24) is 19.7 Å². The van der Waals surface area contributed by atoms with Gasteiger partial charge < -0.3 is 10.6 Å². The summed E-state index contributed by atoms with van der Waals surface area (Å²) < 4.78 is 1.69. The molecule has 0 saturated carbocycles. The van der Waals surface area contributed by atoms with E-state index in [-0.39, 0.29) is 5.91 Å². The smallest absolute Gasteiger partial charge is 0.258 e. The van der Waals surface area contributed by atoms with Gasteiger partial charge in [-0.2, -0.15) is 10.4 Å². The molecule has 1 aliphatic heterocycles. The second-order valence-corrected chi connectivity index (χ2v) is 6.76. The molecule has 1 amide bonds. The van der Waals surface area contributed by atoms with E-state index in [1.165, 1.54) is 0 Å². The quantitative estimate of drug-likeness (QED) is 0.652. The largest absolute Gasteiger partial charge is 0.342 e. The van der Waals surface area contributed by atoms with Crippen molar-refractivity contribution in [1.29, 1.82) is 5.26 Å². The number of allylic oxidation sites excluding steroid dienone is 1. The molecule has 0 aliphatic carbocycles. The summed E-state index contributed by atoms with van der Waals surface area (Å²) in [5, 5.41) is 19.1. The first-order valence-electron chi connectivity index (χ1n) is 9.18. The highest BCUT2D eigenvalue weighted by atomic mass is 16.2. The first-order valence-corrected chi connectivity index (χ1v) is 9.18. The normalized spacial score (nSPS) is 14.2. The molecular formula is C21H19N7O. The van der Waals surface area contributed by atoms with E-state index in [0.717, 1.165) is 22.4 Å². The number of fused-ring (bicyclic) bond motifs is 1. The van der Waals surface area contributed by atoms with E-state index in [4.69, 9.17) is 5.26 Å². The van der Waals surface area contributed by atoms with Crippen LogP contribution in [0.3, 0.4) is 0 Å². The van der Waals surface area contributed by atoms with Crippen LogP contribution in [0, 0.1) is 18.3 Å². The van der Waals surface area contributed by atoms with Crippen LogP contribution in [0.4, 0.5) is 11.5 Å². The zero-order chi connectivity index (χ0) is 20.4. The van der Waals surface area contributed by atoms with Crippen molar-refractivity contribution >= 4 is 23.0 Å². The van der Waals surface area contributed by atoms with Crippen LogP contribution >= 0.6 is 0 Å². The Morgan fingerprint density at radius 2 is 2.17 bits per heavy atom. The number of nitrogens with one attached hydrogen (secondary N) is 2. The average molecular weight is 385 g/mol. The molecule has 0 fully saturated rings. The van der Waals surface area contributed by atoms with Crippen LogP contribution in [0.5, 0.6) is 0 Å². The van der Waals surface area contributed by atoms with E-state index < -0.39 is 0 Å². The van der Waals surface area contributed by atoms with Crippen molar-refractivity contribution in [2.24, 2.45) is 0 Å². The molecule has 8 nitrogen and oxygen atoms in total. The minimum atomic E-state index is -0.184. The molecule has 8 heteroatoms. The van der Waals surface area contributed by atoms with Crippen molar-refractivity contribution in [2.75, 3.05) is 10.6 Å². The predicted octanol–water partition coefficient (Wildman–Crippen LogP) is 3.36. The highest BCUT2D eigenvalue weighted by molar-refractivity contribution is 6.32. The molecule has 0 unspecified atom stereocenters. The molecule has 0 spiro atoms. The molecule has 0 aromatic carbocycles. The van der Waals surface area contributed by atoms with E-state index in [2.05, 4.69) is 31.8 Å².